The number of carbonyl (C=O) groups is 1. The zero-order chi connectivity index (χ0) is 16.5. The van der Waals surface area contributed by atoms with Crippen molar-refractivity contribution in [1.82, 2.24) is 5.32 Å². The molecule has 0 bridgehead atoms. The van der Waals surface area contributed by atoms with Gasteiger partial charge < -0.3 is 15.4 Å². The Bertz CT molecular complexity index is 729. The molecule has 0 aliphatic carbocycles. The molecular weight excluding hydrogens is 288 g/mol. The van der Waals surface area contributed by atoms with Crippen molar-refractivity contribution < 1.29 is 9.53 Å². The van der Waals surface area contributed by atoms with Gasteiger partial charge in [-0.2, -0.15) is 0 Å². The van der Waals surface area contributed by atoms with Gasteiger partial charge in [0.05, 0.1) is 6.54 Å². The van der Waals surface area contributed by atoms with E-state index in [1.807, 2.05) is 62.4 Å². The van der Waals surface area contributed by atoms with Crippen molar-refractivity contribution in [2.24, 2.45) is 0 Å². The molecule has 2 amide bonds. The Morgan fingerprint density at radius 2 is 1.70 bits per heavy atom. The Balaban J connectivity index is 1.70. The molecule has 0 saturated heterocycles. The smallest absolute Gasteiger partial charge is 0.320 e. The van der Waals surface area contributed by atoms with Crippen LogP contribution in [0.5, 0.6) is 5.75 Å². The summed E-state index contributed by atoms with van der Waals surface area (Å²) in [6.07, 6.45) is 0. The molecule has 0 atom stereocenters. The lowest BCUT2D eigenvalue weighted by Gasteiger charge is -2.07. The van der Waals surface area contributed by atoms with Gasteiger partial charge in [0.25, 0.3) is 0 Å². The summed E-state index contributed by atoms with van der Waals surface area (Å²) in [5, 5.41) is 5.47. The average Bonchev–Trinajstić information content (AvgIpc) is 2.54. The molecule has 0 radical (unpaired) electrons. The van der Waals surface area contributed by atoms with E-state index in [2.05, 4.69) is 22.5 Å². The Morgan fingerprint density at radius 1 is 1.00 bits per heavy atom. The largest absolute Gasteiger partial charge is 0.481 e. The number of nitrogens with one attached hydrogen (secondary N) is 2. The normalized spacial score (nSPS) is 9.48. The molecule has 0 spiro atoms. The van der Waals surface area contributed by atoms with E-state index in [1.54, 1.807) is 0 Å². The van der Waals surface area contributed by atoms with Gasteiger partial charge in [-0.3, -0.25) is 0 Å². The molecule has 23 heavy (non-hydrogen) atoms. The maximum absolute atomic E-state index is 11.7. The highest BCUT2D eigenvalue weighted by molar-refractivity contribution is 5.90. The first-order valence-electron chi connectivity index (χ1n) is 7.41. The first kappa shape index (κ1) is 16.4. The van der Waals surface area contributed by atoms with Crippen LogP contribution in [0.15, 0.2) is 48.5 Å². The van der Waals surface area contributed by atoms with Crippen molar-refractivity contribution in [3.8, 4) is 17.6 Å². The molecule has 118 valence electrons. The summed E-state index contributed by atoms with van der Waals surface area (Å²) in [7, 11) is 0. The van der Waals surface area contributed by atoms with E-state index in [9.17, 15) is 4.79 Å². The van der Waals surface area contributed by atoms with Crippen LogP contribution in [-0.4, -0.2) is 19.2 Å². The number of rotatable bonds is 4. The summed E-state index contributed by atoms with van der Waals surface area (Å²) in [6, 6.07) is 15.1. The molecule has 2 aromatic rings. The SMILES string of the molecule is Cc1ccccc1NC(=O)NCC#CCOc1ccccc1C. The molecule has 0 heterocycles. The van der Waals surface area contributed by atoms with E-state index in [-0.39, 0.29) is 12.6 Å². The third-order valence-corrected chi connectivity index (χ3v) is 3.25. The Hall–Kier alpha value is -2.93. The lowest BCUT2D eigenvalue weighted by molar-refractivity contribution is 0.253. The van der Waals surface area contributed by atoms with Crippen molar-refractivity contribution in [3.63, 3.8) is 0 Å². The highest BCUT2D eigenvalue weighted by atomic mass is 16.5. The van der Waals surface area contributed by atoms with Crippen LogP contribution in [-0.2, 0) is 0 Å². The number of hydrogen-bond donors (Lipinski definition) is 2. The number of hydrogen-bond acceptors (Lipinski definition) is 2. The molecule has 0 saturated carbocycles. The van der Waals surface area contributed by atoms with Crippen LogP contribution in [0.4, 0.5) is 10.5 Å². The zero-order valence-electron chi connectivity index (χ0n) is 13.3. The van der Waals surface area contributed by atoms with Crippen molar-refractivity contribution in [2.75, 3.05) is 18.5 Å². The van der Waals surface area contributed by atoms with E-state index < -0.39 is 0 Å². The van der Waals surface area contributed by atoms with E-state index in [0.717, 1.165) is 22.6 Å². The zero-order valence-corrected chi connectivity index (χ0v) is 13.3. The fourth-order valence-electron chi connectivity index (χ4n) is 1.95. The fraction of sp³-hybridized carbons (Fsp3) is 0.211. The standard InChI is InChI=1S/C19H20N2O2/c1-15-9-3-5-11-17(15)21-19(22)20-13-7-8-14-23-18-12-6-4-10-16(18)2/h3-6,9-12H,13-14H2,1-2H3,(H2,20,21,22). The molecular formula is C19H20N2O2. The van der Waals surface area contributed by atoms with Crippen molar-refractivity contribution in [1.29, 1.82) is 0 Å². The topological polar surface area (TPSA) is 50.4 Å². The molecule has 2 N–H and O–H groups in total. The summed E-state index contributed by atoms with van der Waals surface area (Å²) < 4.78 is 5.55. The van der Waals surface area contributed by atoms with Crippen LogP contribution < -0.4 is 15.4 Å². The predicted octanol–water partition coefficient (Wildman–Crippen LogP) is 3.51. The van der Waals surface area contributed by atoms with E-state index >= 15 is 0 Å². The van der Waals surface area contributed by atoms with E-state index in [0.29, 0.717) is 6.61 Å². The van der Waals surface area contributed by atoms with Crippen LogP contribution in [0.25, 0.3) is 0 Å². The maximum Gasteiger partial charge on any atom is 0.320 e. The molecule has 2 aromatic carbocycles. The molecule has 4 heteroatoms. The Morgan fingerprint density at radius 3 is 2.43 bits per heavy atom. The monoisotopic (exact) mass is 308 g/mol. The Labute approximate surface area is 136 Å². The van der Waals surface area contributed by atoms with Gasteiger partial charge in [0, 0.05) is 5.69 Å². The van der Waals surface area contributed by atoms with Gasteiger partial charge in [-0.15, -0.1) is 0 Å². The van der Waals surface area contributed by atoms with Gasteiger partial charge in [0.2, 0.25) is 0 Å². The number of anilines is 1. The van der Waals surface area contributed by atoms with Crippen LogP contribution >= 0.6 is 0 Å². The fourth-order valence-corrected chi connectivity index (χ4v) is 1.95. The lowest BCUT2D eigenvalue weighted by Crippen LogP contribution is -2.29. The third kappa shape index (κ3) is 5.40. The van der Waals surface area contributed by atoms with Gasteiger partial charge in [0.15, 0.2) is 0 Å². The van der Waals surface area contributed by atoms with Crippen molar-refractivity contribution in [3.05, 3.63) is 59.7 Å². The predicted molar refractivity (Wildman–Crippen MR) is 92.7 cm³/mol. The molecule has 0 aliphatic rings. The summed E-state index contributed by atoms with van der Waals surface area (Å²) in [5.74, 6) is 6.56. The highest BCUT2D eigenvalue weighted by Gasteiger charge is 2.01. The molecule has 2 rings (SSSR count). The number of benzene rings is 2. The Kier molecular flexibility index (Phi) is 6.07. The molecule has 4 nitrogen and oxygen atoms in total. The van der Waals surface area contributed by atoms with Gasteiger partial charge >= 0.3 is 6.03 Å². The minimum atomic E-state index is -0.270. The summed E-state index contributed by atoms with van der Waals surface area (Å²) in [6.45, 7) is 4.50. The summed E-state index contributed by atoms with van der Waals surface area (Å²) >= 11 is 0. The van der Waals surface area contributed by atoms with Crippen molar-refractivity contribution in [2.45, 2.75) is 13.8 Å². The van der Waals surface area contributed by atoms with Gasteiger partial charge in [-0.05, 0) is 37.1 Å². The van der Waals surface area contributed by atoms with Crippen LogP contribution in [0, 0.1) is 25.7 Å². The van der Waals surface area contributed by atoms with Gasteiger partial charge in [-0.1, -0.05) is 48.2 Å². The molecule has 0 unspecified atom stereocenters. The first-order chi connectivity index (χ1) is 11.2. The summed E-state index contributed by atoms with van der Waals surface area (Å²) in [4.78, 5) is 11.7. The first-order valence-corrected chi connectivity index (χ1v) is 7.41. The van der Waals surface area contributed by atoms with Crippen LogP contribution in [0.2, 0.25) is 0 Å². The number of ether oxygens (including phenoxy) is 1. The second-order valence-corrected chi connectivity index (χ2v) is 5.03. The van der Waals surface area contributed by atoms with Gasteiger partial charge in [-0.25, -0.2) is 4.79 Å². The number of carbonyl (C=O) groups excluding carboxylic acids is 1. The lowest BCUT2D eigenvalue weighted by atomic mass is 10.2. The summed E-state index contributed by atoms with van der Waals surface area (Å²) in [5.41, 5.74) is 2.88. The number of para-hydroxylation sites is 2. The maximum atomic E-state index is 11.7. The van der Waals surface area contributed by atoms with Crippen molar-refractivity contribution >= 4 is 11.7 Å². The highest BCUT2D eigenvalue weighted by Crippen LogP contribution is 2.15. The average molecular weight is 308 g/mol. The molecule has 0 aliphatic heterocycles. The van der Waals surface area contributed by atoms with Crippen LogP contribution in [0.1, 0.15) is 11.1 Å². The molecule has 0 fully saturated rings. The number of aryl methyl sites for hydroxylation is 2. The minimum absolute atomic E-state index is 0.270. The molecule has 0 aromatic heterocycles. The minimum Gasteiger partial charge on any atom is -0.481 e. The number of amides is 2. The van der Waals surface area contributed by atoms with E-state index in [4.69, 9.17) is 4.74 Å². The van der Waals surface area contributed by atoms with Gasteiger partial charge in [0.1, 0.15) is 12.4 Å². The second kappa shape index (κ2) is 8.50. The van der Waals surface area contributed by atoms with E-state index in [1.165, 1.54) is 0 Å². The third-order valence-electron chi connectivity index (χ3n) is 3.25. The number of urea groups is 1. The second-order valence-electron chi connectivity index (χ2n) is 5.03. The van der Waals surface area contributed by atoms with Crippen LogP contribution in [0.3, 0.4) is 0 Å². The quantitative estimate of drug-likeness (QED) is 0.849.